The van der Waals surface area contributed by atoms with E-state index in [0.29, 0.717) is 29.6 Å². The van der Waals surface area contributed by atoms with Crippen molar-refractivity contribution < 1.29 is 9.53 Å². The number of carbonyl (C=O) groups is 1. The Labute approximate surface area is 139 Å². The molecular formula is C18H15ClN2O2. The minimum atomic E-state index is -0.223. The van der Waals surface area contributed by atoms with Gasteiger partial charge in [-0.2, -0.15) is 0 Å². The Balaban J connectivity index is 1.64. The Morgan fingerprint density at radius 2 is 1.83 bits per heavy atom. The lowest BCUT2D eigenvalue weighted by atomic mass is 10.2. The van der Waals surface area contributed by atoms with Gasteiger partial charge in [-0.1, -0.05) is 48.0 Å². The van der Waals surface area contributed by atoms with Crippen LogP contribution < -0.4 is 10.1 Å². The zero-order valence-electron chi connectivity index (χ0n) is 12.3. The highest BCUT2D eigenvalue weighted by atomic mass is 35.5. The first kappa shape index (κ1) is 15.3. The van der Waals surface area contributed by atoms with Crippen LogP contribution in [0, 0.1) is 0 Å². The number of benzene rings is 2. The normalized spacial score (nSPS) is 15.4. The Morgan fingerprint density at radius 3 is 2.61 bits per heavy atom. The van der Waals surface area contributed by atoms with E-state index in [1.807, 2.05) is 48.5 Å². The zero-order valence-corrected chi connectivity index (χ0v) is 13.1. The van der Waals surface area contributed by atoms with Crippen LogP contribution in [0.3, 0.4) is 0 Å². The Kier molecular flexibility index (Phi) is 4.74. The number of para-hydroxylation sites is 1. The molecule has 2 aromatic carbocycles. The highest BCUT2D eigenvalue weighted by molar-refractivity contribution is 6.32. The van der Waals surface area contributed by atoms with E-state index in [9.17, 15) is 4.79 Å². The van der Waals surface area contributed by atoms with Crippen molar-refractivity contribution in [3.05, 3.63) is 70.9 Å². The summed E-state index contributed by atoms with van der Waals surface area (Å²) in [5.74, 6) is 1.17. The molecule has 3 rings (SSSR count). The molecule has 0 radical (unpaired) electrons. The first-order valence-corrected chi connectivity index (χ1v) is 7.63. The largest absolute Gasteiger partial charge is 0.493 e. The molecule has 1 amide bonds. The van der Waals surface area contributed by atoms with E-state index in [0.717, 1.165) is 11.3 Å². The maximum Gasteiger partial charge on any atom is 0.275 e. The maximum absolute atomic E-state index is 12.0. The summed E-state index contributed by atoms with van der Waals surface area (Å²) in [5.41, 5.74) is 1.12. The van der Waals surface area contributed by atoms with Crippen molar-refractivity contribution in [2.75, 3.05) is 6.61 Å². The van der Waals surface area contributed by atoms with E-state index < -0.39 is 0 Å². The van der Waals surface area contributed by atoms with E-state index >= 15 is 0 Å². The minimum Gasteiger partial charge on any atom is -0.493 e. The summed E-state index contributed by atoms with van der Waals surface area (Å²) in [7, 11) is 0. The molecule has 23 heavy (non-hydrogen) atoms. The highest BCUT2D eigenvalue weighted by Gasteiger charge is 2.19. The van der Waals surface area contributed by atoms with Gasteiger partial charge in [0.25, 0.3) is 5.91 Å². The van der Waals surface area contributed by atoms with Gasteiger partial charge in [0.1, 0.15) is 17.3 Å². The van der Waals surface area contributed by atoms with Crippen LogP contribution >= 0.6 is 11.6 Å². The van der Waals surface area contributed by atoms with Crippen molar-refractivity contribution in [3.8, 4) is 5.75 Å². The van der Waals surface area contributed by atoms with Crippen molar-refractivity contribution in [3.63, 3.8) is 0 Å². The molecule has 5 heteroatoms. The van der Waals surface area contributed by atoms with E-state index in [1.165, 1.54) is 0 Å². The number of carbonyl (C=O) groups excluding carboxylic acids is 1. The third kappa shape index (κ3) is 3.99. The number of amides is 1. The second-order valence-electron chi connectivity index (χ2n) is 4.98. The van der Waals surface area contributed by atoms with E-state index in [4.69, 9.17) is 16.3 Å². The number of ether oxygens (including phenoxy) is 1. The zero-order chi connectivity index (χ0) is 16.1. The standard InChI is InChI=1S/C18H15ClN2O2/c19-15-9-5-4-6-13(15)12-16-18(22)21-17(20-16)10-11-23-14-7-2-1-3-8-14/h1-9,12H,10-11H2,(H,20,21,22)/b16-12-. The van der Waals surface area contributed by atoms with Gasteiger partial charge in [0.15, 0.2) is 0 Å². The van der Waals surface area contributed by atoms with Crippen LogP contribution in [0.1, 0.15) is 12.0 Å². The molecule has 0 unspecified atom stereocenters. The topological polar surface area (TPSA) is 50.7 Å². The van der Waals surface area contributed by atoms with E-state index in [2.05, 4.69) is 10.3 Å². The number of halogens is 1. The lowest BCUT2D eigenvalue weighted by molar-refractivity contribution is -0.115. The molecule has 1 heterocycles. The summed E-state index contributed by atoms with van der Waals surface area (Å²) in [6.07, 6.45) is 2.21. The van der Waals surface area contributed by atoms with Crippen molar-refractivity contribution >= 4 is 29.4 Å². The Bertz CT molecular complexity index is 770. The van der Waals surface area contributed by atoms with Gasteiger partial charge in [0.05, 0.1) is 6.61 Å². The molecule has 0 aliphatic carbocycles. The average molecular weight is 327 g/mol. The number of nitrogens with one attached hydrogen (secondary N) is 1. The number of aliphatic imine (C=N–C) groups is 1. The predicted octanol–water partition coefficient (Wildman–Crippen LogP) is 3.68. The van der Waals surface area contributed by atoms with E-state index in [-0.39, 0.29) is 5.91 Å². The van der Waals surface area contributed by atoms with Gasteiger partial charge in [-0.05, 0) is 29.8 Å². The number of rotatable bonds is 5. The van der Waals surface area contributed by atoms with Gasteiger partial charge in [-0.3, -0.25) is 4.79 Å². The molecule has 4 nitrogen and oxygen atoms in total. The summed E-state index contributed by atoms with van der Waals surface area (Å²) >= 11 is 6.09. The second-order valence-corrected chi connectivity index (χ2v) is 5.38. The molecule has 2 aromatic rings. The van der Waals surface area contributed by atoms with Crippen LogP contribution in [0.15, 0.2) is 65.3 Å². The highest BCUT2D eigenvalue weighted by Crippen LogP contribution is 2.20. The van der Waals surface area contributed by atoms with Crippen LogP contribution in [0.25, 0.3) is 6.08 Å². The summed E-state index contributed by atoms with van der Waals surface area (Å²) in [6.45, 7) is 0.447. The molecule has 0 bridgehead atoms. The molecular weight excluding hydrogens is 312 g/mol. The van der Waals surface area contributed by atoms with Gasteiger partial charge < -0.3 is 10.1 Å². The third-order valence-corrected chi connectivity index (χ3v) is 3.64. The van der Waals surface area contributed by atoms with Crippen LogP contribution in [-0.2, 0) is 4.79 Å². The van der Waals surface area contributed by atoms with Gasteiger partial charge in [-0.15, -0.1) is 0 Å². The molecule has 1 aliphatic heterocycles. The first-order valence-electron chi connectivity index (χ1n) is 7.25. The number of amidine groups is 1. The van der Waals surface area contributed by atoms with E-state index in [1.54, 1.807) is 12.1 Å². The second kappa shape index (κ2) is 7.11. The van der Waals surface area contributed by atoms with Crippen molar-refractivity contribution in [1.82, 2.24) is 5.32 Å². The summed E-state index contributed by atoms with van der Waals surface area (Å²) < 4.78 is 5.60. The van der Waals surface area contributed by atoms with Crippen LogP contribution in [0.2, 0.25) is 5.02 Å². The van der Waals surface area contributed by atoms with Crippen LogP contribution in [-0.4, -0.2) is 18.3 Å². The predicted molar refractivity (Wildman–Crippen MR) is 91.6 cm³/mol. The third-order valence-electron chi connectivity index (χ3n) is 3.29. The molecule has 0 spiro atoms. The Hall–Kier alpha value is -2.59. The van der Waals surface area contributed by atoms with Crippen molar-refractivity contribution in [2.24, 2.45) is 4.99 Å². The number of hydrogen-bond acceptors (Lipinski definition) is 3. The first-order chi connectivity index (χ1) is 11.2. The van der Waals surface area contributed by atoms with Crippen LogP contribution in [0.5, 0.6) is 5.75 Å². The lowest BCUT2D eigenvalue weighted by Crippen LogP contribution is -2.25. The minimum absolute atomic E-state index is 0.223. The fourth-order valence-electron chi connectivity index (χ4n) is 2.16. The van der Waals surface area contributed by atoms with Gasteiger partial charge >= 0.3 is 0 Å². The SMILES string of the molecule is O=C1NC(CCOc2ccccc2)=N/C1=C\c1ccccc1Cl. The summed E-state index contributed by atoms with van der Waals surface area (Å²) in [6, 6.07) is 16.9. The number of hydrogen-bond donors (Lipinski definition) is 1. The van der Waals surface area contributed by atoms with Crippen molar-refractivity contribution in [2.45, 2.75) is 6.42 Å². The molecule has 0 saturated heterocycles. The molecule has 1 aliphatic rings. The molecule has 116 valence electrons. The van der Waals surface area contributed by atoms with Gasteiger partial charge in [0, 0.05) is 11.4 Å². The molecule has 0 aromatic heterocycles. The van der Waals surface area contributed by atoms with Crippen LogP contribution in [0.4, 0.5) is 0 Å². The summed E-state index contributed by atoms with van der Waals surface area (Å²) in [4.78, 5) is 16.3. The Morgan fingerprint density at radius 1 is 1.09 bits per heavy atom. The van der Waals surface area contributed by atoms with Gasteiger partial charge in [-0.25, -0.2) is 4.99 Å². The lowest BCUT2D eigenvalue weighted by Gasteiger charge is -2.05. The smallest absolute Gasteiger partial charge is 0.275 e. The molecule has 0 atom stereocenters. The fourth-order valence-corrected chi connectivity index (χ4v) is 2.35. The maximum atomic E-state index is 12.0. The number of nitrogens with zero attached hydrogens (tertiary/aromatic N) is 1. The monoisotopic (exact) mass is 326 g/mol. The average Bonchev–Trinajstić information content (AvgIpc) is 2.90. The quantitative estimate of drug-likeness (QED) is 0.852. The summed E-state index contributed by atoms with van der Waals surface area (Å²) in [5, 5.41) is 3.34. The van der Waals surface area contributed by atoms with Gasteiger partial charge in [0.2, 0.25) is 0 Å². The fraction of sp³-hybridized carbons (Fsp3) is 0.111. The molecule has 0 fully saturated rings. The van der Waals surface area contributed by atoms with Crippen molar-refractivity contribution in [1.29, 1.82) is 0 Å². The molecule has 0 saturated carbocycles. The molecule has 1 N–H and O–H groups in total.